The molecule has 0 saturated heterocycles. The van der Waals surface area contributed by atoms with Gasteiger partial charge in [-0.15, -0.1) is 0 Å². The molecule has 522 valence electrons. The van der Waals surface area contributed by atoms with Crippen molar-refractivity contribution in [1.82, 2.24) is 0 Å². The number of aliphatic hydroxyl groups excluding tert-OH is 1. The van der Waals surface area contributed by atoms with E-state index in [1.807, 2.05) is 0 Å². The van der Waals surface area contributed by atoms with Crippen LogP contribution in [0.5, 0.6) is 0 Å². The normalized spacial score (nSPS) is 14.1. The van der Waals surface area contributed by atoms with Gasteiger partial charge in [0, 0.05) is 25.7 Å². The first-order chi connectivity index (χ1) is 42.5. The molecule has 0 aliphatic carbocycles. The summed E-state index contributed by atoms with van der Waals surface area (Å²) in [6, 6.07) is 0. The first kappa shape index (κ1) is 86.1. The minimum absolute atomic E-state index is 0.107. The zero-order valence-corrected chi connectivity index (χ0v) is 58.6. The van der Waals surface area contributed by atoms with Gasteiger partial charge in [0.15, 0.2) is 12.2 Å². The quantitative estimate of drug-likeness (QED) is 0.0222. The van der Waals surface area contributed by atoms with Crippen molar-refractivity contribution in [2.45, 2.75) is 374 Å². The Morgan fingerprint density at radius 3 is 0.773 bits per heavy atom. The lowest BCUT2D eigenvalue weighted by Crippen LogP contribution is -2.30. The molecule has 0 bridgehead atoms. The predicted octanol–water partition coefficient (Wildman–Crippen LogP) is 19.7. The Morgan fingerprint density at radius 2 is 0.523 bits per heavy atom. The molecule has 0 radical (unpaired) electrons. The van der Waals surface area contributed by atoms with Crippen LogP contribution in [0, 0.1) is 5.92 Å². The molecule has 0 aromatic heterocycles. The topological polar surface area (TPSA) is 237 Å². The van der Waals surface area contributed by atoms with Gasteiger partial charge in [-0.1, -0.05) is 304 Å². The third-order valence-corrected chi connectivity index (χ3v) is 17.9. The van der Waals surface area contributed by atoms with Crippen LogP contribution >= 0.6 is 15.6 Å². The molecule has 0 aliphatic heterocycles. The Bertz CT molecular complexity index is 1700. The number of unbranched alkanes of at least 4 members (excludes halogenated alkanes) is 41. The lowest BCUT2D eigenvalue weighted by Gasteiger charge is -2.21. The van der Waals surface area contributed by atoms with Crippen LogP contribution < -0.4 is 0 Å². The summed E-state index contributed by atoms with van der Waals surface area (Å²) in [7, 11) is -9.89. The summed E-state index contributed by atoms with van der Waals surface area (Å²) in [5.74, 6) is -1.34. The van der Waals surface area contributed by atoms with E-state index in [-0.39, 0.29) is 25.7 Å². The monoisotopic (exact) mass is 1300 g/mol. The molecule has 0 aliphatic rings. The smallest absolute Gasteiger partial charge is 0.462 e. The second-order valence-electron chi connectivity index (χ2n) is 25.4. The van der Waals surface area contributed by atoms with Gasteiger partial charge in [0.25, 0.3) is 0 Å². The summed E-state index contributed by atoms with van der Waals surface area (Å²) in [6.45, 7) is 7.22. The highest BCUT2D eigenvalue weighted by molar-refractivity contribution is 7.47. The number of ether oxygens (including phenoxy) is 4. The molecular weight excluding hydrogens is 1160 g/mol. The van der Waals surface area contributed by atoms with Gasteiger partial charge in [-0.05, 0) is 31.6 Å². The van der Waals surface area contributed by atoms with Gasteiger partial charge >= 0.3 is 39.5 Å². The molecule has 88 heavy (non-hydrogen) atoms. The van der Waals surface area contributed by atoms with Crippen LogP contribution in [-0.2, 0) is 65.4 Å². The highest BCUT2D eigenvalue weighted by atomic mass is 31.2. The van der Waals surface area contributed by atoms with Crippen molar-refractivity contribution < 1.29 is 80.2 Å². The number of rotatable bonds is 69. The third kappa shape index (κ3) is 62.8. The fourth-order valence-electron chi connectivity index (χ4n) is 10.5. The second-order valence-corrected chi connectivity index (χ2v) is 28.3. The summed E-state index contributed by atoms with van der Waals surface area (Å²) < 4.78 is 68.2. The molecule has 0 rings (SSSR count). The van der Waals surface area contributed by atoms with Gasteiger partial charge in [-0.2, -0.15) is 0 Å². The van der Waals surface area contributed by atoms with Gasteiger partial charge in [0.05, 0.1) is 26.4 Å². The Labute approximate surface area is 537 Å². The summed E-state index contributed by atoms with van der Waals surface area (Å²) in [4.78, 5) is 72.4. The van der Waals surface area contributed by atoms with Crippen molar-refractivity contribution in [1.29, 1.82) is 0 Å². The third-order valence-electron chi connectivity index (χ3n) is 16.0. The molecule has 0 spiro atoms. The van der Waals surface area contributed by atoms with Gasteiger partial charge in [0.1, 0.15) is 19.3 Å². The molecule has 0 saturated carbocycles. The summed E-state index contributed by atoms with van der Waals surface area (Å²) in [6.07, 6.45) is 48.5. The van der Waals surface area contributed by atoms with E-state index in [0.29, 0.717) is 25.7 Å². The van der Waals surface area contributed by atoms with E-state index in [1.165, 1.54) is 167 Å². The molecule has 0 aromatic rings. The number of aliphatic hydroxyl groups is 1. The van der Waals surface area contributed by atoms with Crippen LogP contribution in [0.15, 0.2) is 0 Å². The van der Waals surface area contributed by atoms with Gasteiger partial charge in [-0.3, -0.25) is 37.3 Å². The van der Waals surface area contributed by atoms with Crippen LogP contribution in [0.4, 0.5) is 0 Å². The Morgan fingerprint density at radius 1 is 0.307 bits per heavy atom. The molecule has 5 atom stereocenters. The van der Waals surface area contributed by atoms with Crippen molar-refractivity contribution in [3.8, 4) is 0 Å². The lowest BCUT2D eigenvalue weighted by molar-refractivity contribution is -0.161. The molecule has 0 amide bonds. The number of phosphoric acid groups is 2. The largest absolute Gasteiger partial charge is 0.472 e. The predicted molar refractivity (Wildman–Crippen MR) is 354 cm³/mol. The fraction of sp³-hybridized carbons (Fsp3) is 0.942. The highest BCUT2D eigenvalue weighted by Gasteiger charge is 2.30. The SMILES string of the molecule is CCCCCCCCCCCCCCCC(=O)OC[C@H](COP(=O)(O)OC[C@@H](O)COP(=O)(O)OC[C@@H](COC(=O)CCCCCCCCC)OC(=O)CCCCCCCCCCCCCC)OC(=O)CCCCCCCCCCCCCCCC(C)C. The van der Waals surface area contributed by atoms with Gasteiger partial charge < -0.3 is 33.8 Å². The first-order valence-electron chi connectivity index (χ1n) is 36.1. The molecule has 2 unspecified atom stereocenters. The minimum Gasteiger partial charge on any atom is -0.462 e. The molecule has 17 nitrogen and oxygen atoms in total. The summed E-state index contributed by atoms with van der Waals surface area (Å²) >= 11 is 0. The average Bonchev–Trinajstić information content (AvgIpc) is 3.62. The zero-order valence-electron chi connectivity index (χ0n) is 56.9. The Hall–Kier alpha value is -1.94. The van der Waals surface area contributed by atoms with Crippen molar-refractivity contribution in [2.75, 3.05) is 39.6 Å². The molecule has 19 heteroatoms. The minimum atomic E-state index is -4.95. The van der Waals surface area contributed by atoms with E-state index in [9.17, 15) is 43.2 Å². The number of hydrogen-bond donors (Lipinski definition) is 3. The second kappa shape index (κ2) is 62.5. The van der Waals surface area contributed by atoms with Crippen molar-refractivity contribution in [3.63, 3.8) is 0 Å². The summed E-state index contributed by atoms with van der Waals surface area (Å²) in [5.41, 5.74) is 0. The maximum atomic E-state index is 13.0. The fourth-order valence-corrected chi connectivity index (χ4v) is 12.0. The molecule has 0 aromatic carbocycles. The molecule has 3 N–H and O–H groups in total. The van der Waals surface area contributed by atoms with E-state index in [2.05, 4.69) is 34.6 Å². The van der Waals surface area contributed by atoms with Crippen LogP contribution in [0.2, 0.25) is 0 Å². The van der Waals surface area contributed by atoms with Gasteiger partial charge in [0.2, 0.25) is 0 Å². The maximum absolute atomic E-state index is 13.0. The van der Waals surface area contributed by atoms with E-state index in [1.54, 1.807) is 0 Å². The Balaban J connectivity index is 5.21. The van der Waals surface area contributed by atoms with E-state index in [0.717, 1.165) is 109 Å². The lowest BCUT2D eigenvalue weighted by atomic mass is 10.0. The number of phosphoric ester groups is 2. The van der Waals surface area contributed by atoms with E-state index in [4.69, 9.17) is 37.0 Å². The average molecular weight is 1300 g/mol. The highest BCUT2D eigenvalue weighted by Crippen LogP contribution is 2.45. The van der Waals surface area contributed by atoms with Crippen molar-refractivity contribution >= 4 is 39.5 Å². The van der Waals surface area contributed by atoms with Crippen molar-refractivity contribution in [3.05, 3.63) is 0 Å². The summed E-state index contributed by atoms with van der Waals surface area (Å²) in [5, 5.41) is 10.6. The number of carbonyl (C=O) groups is 4. The first-order valence-corrected chi connectivity index (χ1v) is 39.1. The number of carbonyl (C=O) groups excluding carboxylic acids is 4. The Kier molecular flexibility index (Phi) is 61.1. The standard InChI is InChI=1S/C69H134O17P2/c1-6-9-12-15-18-20-22-25-30-33-38-43-48-53-67(72)80-59-65(86-69(74)55-50-45-40-35-31-27-24-26-28-32-37-41-46-51-62(4)5)61-84-88(77,78)82-57-63(70)56-81-87(75,76)83-60-64(58-79-66(71)52-47-42-36-17-14-11-8-3)85-68(73)54-49-44-39-34-29-23-21-19-16-13-10-7-2/h62-65,70H,6-61H2,1-5H3,(H,75,76)(H,77,78)/t63-,64+,65+/m0/s1. The van der Waals surface area contributed by atoms with Crippen molar-refractivity contribution in [2.24, 2.45) is 5.92 Å². The molecular formula is C69H134O17P2. The zero-order chi connectivity index (χ0) is 64.9. The van der Waals surface area contributed by atoms with E-state index < -0.39 is 97.5 Å². The number of esters is 4. The molecule has 0 fully saturated rings. The van der Waals surface area contributed by atoms with Crippen LogP contribution in [0.25, 0.3) is 0 Å². The maximum Gasteiger partial charge on any atom is 0.472 e. The van der Waals surface area contributed by atoms with Crippen LogP contribution in [0.1, 0.15) is 356 Å². The van der Waals surface area contributed by atoms with Gasteiger partial charge in [-0.25, -0.2) is 9.13 Å². The van der Waals surface area contributed by atoms with Crippen LogP contribution in [-0.4, -0.2) is 96.7 Å². The van der Waals surface area contributed by atoms with E-state index >= 15 is 0 Å². The van der Waals surface area contributed by atoms with Crippen LogP contribution in [0.3, 0.4) is 0 Å². The number of hydrogen-bond acceptors (Lipinski definition) is 15. The molecule has 0 heterocycles.